The molecule has 2 heterocycles. The minimum absolute atomic E-state index is 0.744. The number of rotatable bonds is 4. The Balaban J connectivity index is 1.69. The molecule has 3 aromatic rings. The summed E-state index contributed by atoms with van der Waals surface area (Å²) in [6, 6.07) is 14.0. The summed E-state index contributed by atoms with van der Waals surface area (Å²) in [5, 5.41) is 7.67. The summed E-state index contributed by atoms with van der Waals surface area (Å²) >= 11 is 0. The number of aromatic nitrogens is 3. The van der Waals surface area contributed by atoms with Crippen molar-refractivity contribution >= 4 is 5.69 Å². The smallest absolute Gasteiger partial charge is 0.0733 e. The average Bonchev–Trinajstić information content (AvgIpc) is 2.96. The topological polar surface area (TPSA) is 42.7 Å². The minimum atomic E-state index is 0.744. The molecule has 3 rings (SSSR count). The Morgan fingerprint density at radius 2 is 1.89 bits per heavy atom. The van der Waals surface area contributed by atoms with Gasteiger partial charge >= 0.3 is 0 Å². The van der Waals surface area contributed by atoms with E-state index in [1.165, 1.54) is 0 Å². The first-order valence-electron chi connectivity index (χ1n) is 6.15. The third-order valence-electron chi connectivity index (χ3n) is 2.82. The number of pyridine rings is 1. The van der Waals surface area contributed by atoms with Crippen LogP contribution in [-0.2, 0) is 6.54 Å². The van der Waals surface area contributed by atoms with E-state index < -0.39 is 0 Å². The van der Waals surface area contributed by atoms with Crippen LogP contribution in [0.5, 0.6) is 0 Å². The van der Waals surface area contributed by atoms with Crippen LogP contribution < -0.4 is 5.32 Å². The van der Waals surface area contributed by atoms with Crippen LogP contribution in [0.1, 0.15) is 5.56 Å². The lowest BCUT2D eigenvalue weighted by atomic mass is 10.3. The van der Waals surface area contributed by atoms with Crippen LogP contribution in [0.15, 0.2) is 67.3 Å². The number of para-hydroxylation sites is 1. The second-order valence-electron chi connectivity index (χ2n) is 4.22. The first-order valence-corrected chi connectivity index (χ1v) is 6.15. The van der Waals surface area contributed by atoms with Gasteiger partial charge in [0.25, 0.3) is 0 Å². The second-order valence-corrected chi connectivity index (χ2v) is 4.22. The highest BCUT2D eigenvalue weighted by atomic mass is 15.3. The van der Waals surface area contributed by atoms with Crippen molar-refractivity contribution in [1.82, 2.24) is 14.8 Å². The Labute approximate surface area is 111 Å². The van der Waals surface area contributed by atoms with Crippen molar-refractivity contribution in [2.75, 3.05) is 5.32 Å². The van der Waals surface area contributed by atoms with Crippen molar-refractivity contribution in [3.63, 3.8) is 0 Å². The van der Waals surface area contributed by atoms with Gasteiger partial charge in [-0.3, -0.25) is 4.98 Å². The van der Waals surface area contributed by atoms with Crippen molar-refractivity contribution in [3.05, 3.63) is 72.8 Å². The van der Waals surface area contributed by atoms with E-state index in [9.17, 15) is 0 Å². The molecule has 0 radical (unpaired) electrons. The summed E-state index contributed by atoms with van der Waals surface area (Å²) in [6.45, 7) is 0.744. The van der Waals surface area contributed by atoms with Gasteiger partial charge in [-0.25, -0.2) is 4.68 Å². The van der Waals surface area contributed by atoms with E-state index >= 15 is 0 Å². The lowest BCUT2D eigenvalue weighted by molar-refractivity contribution is 0.880. The molecule has 0 bridgehead atoms. The van der Waals surface area contributed by atoms with Crippen molar-refractivity contribution in [2.45, 2.75) is 6.54 Å². The Hall–Kier alpha value is -2.62. The minimum Gasteiger partial charge on any atom is -0.378 e. The van der Waals surface area contributed by atoms with E-state index in [1.54, 1.807) is 6.20 Å². The first-order chi connectivity index (χ1) is 9.42. The largest absolute Gasteiger partial charge is 0.378 e. The maximum atomic E-state index is 4.34. The molecule has 0 saturated heterocycles. The molecule has 4 nitrogen and oxygen atoms in total. The van der Waals surface area contributed by atoms with Crippen molar-refractivity contribution in [1.29, 1.82) is 0 Å². The Kier molecular flexibility index (Phi) is 3.23. The summed E-state index contributed by atoms with van der Waals surface area (Å²) in [4.78, 5) is 4.09. The molecule has 1 N–H and O–H groups in total. The van der Waals surface area contributed by atoms with Crippen molar-refractivity contribution < 1.29 is 0 Å². The summed E-state index contributed by atoms with van der Waals surface area (Å²) < 4.78 is 1.85. The van der Waals surface area contributed by atoms with Crippen LogP contribution in [0, 0.1) is 0 Å². The molecule has 19 heavy (non-hydrogen) atoms. The van der Waals surface area contributed by atoms with Gasteiger partial charge in [0.2, 0.25) is 0 Å². The van der Waals surface area contributed by atoms with E-state index in [-0.39, 0.29) is 0 Å². The zero-order valence-corrected chi connectivity index (χ0v) is 10.4. The number of benzene rings is 1. The molecule has 0 fully saturated rings. The SMILES string of the molecule is c1ccc(-n2cc(NCc3cccnc3)cn2)cc1. The van der Waals surface area contributed by atoms with Crippen molar-refractivity contribution in [3.8, 4) is 5.69 Å². The molecule has 0 saturated carbocycles. The molecular formula is C15H14N4. The van der Waals surface area contributed by atoms with Crippen LogP contribution in [-0.4, -0.2) is 14.8 Å². The fraction of sp³-hybridized carbons (Fsp3) is 0.0667. The molecule has 0 unspecified atom stereocenters. The summed E-state index contributed by atoms with van der Waals surface area (Å²) in [5.74, 6) is 0. The molecule has 4 heteroatoms. The van der Waals surface area contributed by atoms with Crippen molar-refractivity contribution in [2.24, 2.45) is 0 Å². The van der Waals surface area contributed by atoms with E-state index in [2.05, 4.69) is 15.4 Å². The van der Waals surface area contributed by atoms with Crippen LogP contribution in [0.2, 0.25) is 0 Å². The number of hydrogen-bond donors (Lipinski definition) is 1. The highest BCUT2D eigenvalue weighted by molar-refractivity contribution is 5.42. The predicted octanol–water partition coefficient (Wildman–Crippen LogP) is 2.88. The van der Waals surface area contributed by atoms with E-state index in [0.717, 1.165) is 23.5 Å². The molecule has 1 aromatic carbocycles. The Morgan fingerprint density at radius 1 is 1.00 bits per heavy atom. The number of anilines is 1. The maximum absolute atomic E-state index is 4.34. The number of hydrogen-bond acceptors (Lipinski definition) is 3. The van der Waals surface area contributed by atoms with Gasteiger partial charge in [-0.15, -0.1) is 0 Å². The van der Waals surface area contributed by atoms with Gasteiger partial charge in [0.15, 0.2) is 0 Å². The van der Waals surface area contributed by atoms with Crippen LogP contribution in [0.3, 0.4) is 0 Å². The predicted molar refractivity (Wildman–Crippen MR) is 75.1 cm³/mol. The maximum Gasteiger partial charge on any atom is 0.0733 e. The summed E-state index contributed by atoms with van der Waals surface area (Å²) in [6.07, 6.45) is 7.43. The zero-order chi connectivity index (χ0) is 12.9. The van der Waals surface area contributed by atoms with Crippen LogP contribution in [0.25, 0.3) is 5.69 Å². The molecule has 0 aliphatic carbocycles. The highest BCUT2D eigenvalue weighted by Crippen LogP contribution is 2.12. The van der Waals surface area contributed by atoms with E-state index in [1.807, 2.05) is 65.7 Å². The fourth-order valence-corrected chi connectivity index (χ4v) is 1.84. The van der Waals surface area contributed by atoms with Crippen LogP contribution in [0.4, 0.5) is 5.69 Å². The lowest BCUT2D eigenvalue weighted by Crippen LogP contribution is -1.98. The Morgan fingerprint density at radius 3 is 2.68 bits per heavy atom. The van der Waals surface area contributed by atoms with Gasteiger partial charge in [0.05, 0.1) is 23.8 Å². The molecule has 0 atom stereocenters. The fourth-order valence-electron chi connectivity index (χ4n) is 1.84. The quantitative estimate of drug-likeness (QED) is 0.774. The Bertz CT molecular complexity index is 632. The van der Waals surface area contributed by atoms with Gasteiger partial charge in [-0.2, -0.15) is 5.10 Å². The van der Waals surface area contributed by atoms with E-state index in [0.29, 0.717) is 0 Å². The zero-order valence-electron chi connectivity index (χ0n) is 10.4. The van der Waals surface area contributed by atoms with Gasteiger partial charge in [-0.05, 0) is 23.8 Å². The van der Waals surface area contributed by atoms with Crippen LogP contribution >= 0.6 is 0 Å². The number of nitrogens with zero attached hydrogens (tertiary/aromatic N) is 3. The summed E-state index contributed by atoms with van der Waals surface area (Å²) in [7, 11) is 0. The van der Waals surface area contributed by atoms with Gasteiger partial charge in [0.1, 0.15) is 0 Å². The standard InChI is InChI=1S/C15H14N4/c1-2-6-15(7-3-1)19-12-14(11-18-19)17-10-13-5-4-8-16-9-13/h1-9,11-12,17H,10H2. The molecular weight excluding hydrogens is 236 g/mol. The molecule has 0 aliphatic rings. The third kappa shape index (κ3) is 2.80. The summed E-state index contributed by atoms with van der Waals surface area (Å²) in [5.41, 5.74) is 3.19. The molecule has 0 aliphatic heterocycles. The van der Waals surface area contributed by atoms with Gasteiger partial charge in [0, 0.05) is 18.9 Å². The monoisotopic (exact) mass is 250 g/mol. The van der Waals surface area contributed by atoms with E-state index in [4.69, 9.17) is 0 Å². The third-order valence-corrected chi connectivity index (χ3v) is 2.82. The number of nitrogens with one attached hydrogen (secondary N) is 1. The van der Waals surface area contributed by atoms with Gasteiger partial charge in [-0.1, -0.05) is 24.3 Å². The highest BCUT2D eigenvalue weighted by Gasteiger charge is 2.00. The first kappa shape index (κ1) is 11.5. The average molecular weight is 250 g/mol. The second kappa shape index (κ2) is 5.35. The normalized spacial score (nSPS) is 10.3. The van der Waals surface area contributed by atoms with Gasteiger partial charge < -0.3 is 5.32 Å². The molecule has 2 aromatic heterocycles. The molecule has 0 spiro atoms. The molecule has 94 valence electrons. The molecule has 0 amide bonds. The lowest BCUT2D eigenvalue weighted by Gasteiger charge is -2.02.